The largest absolute Gasteiger partial charge is 0.478 e. The van der Waals surface area contributed by atoms with Gasteiger partial charge < -0.3 is 21.9 Å². The molecule has 0 aliphatic heterocycles. The quantitative estimate of drug-likeness (QED) is 0.297. The highest BCUT2D eigenvalue weighted by atomic mass is 79.9. The molecule has 3 aromatic rings. The van der Waals surface area contributed by atoms with Crippen molar-refractivity contribution in [1.29, 1.82) is 0 Å². The van der Waals surface area contributed by atoms with Crippen molar-refractivity contribution in [2.45, 2.75) is 24.5 Å². The fourth-order valence-electron chi connectivity index (χ4n) is 3.41. The third kappa shape index (κ3) is 6.25. The first-order valence-electron chi connectivity index (χ1n) is 10.6. The number of carboxylic acids is 1. The molecule has 1 amide bonds. The van der Waals surface area contributed by atoms with Crippen molar-refractivity contribution >= 4 is 43.5 Å². The van der Waals surface area contributed by atoms with Crippen molar-refractivity contribution in [2.75, 3.05) is 10.8 Å². The normalized spacial score (nSPS) is 11.2. The van der Waals surface area contributed by atoms with Crippen molar-refractivity contribution in [2.24, 2.45) is 11.5 Å². The summed E-state index contributed by atoms with van der Waals surface area (Å²) in [5.41, 5.74) is 13.7. The van der Waals surface area contributed by atoms with Crippen LogP contribution in [0.15, 0.2) is 76.1 Å². The van der Waals surface area contributed by atoms with Gasteiger partial charge in [-0.2, -0.15) is 0 Å². The zero-order valence-electron chi connectivity index (χ0n) is 18.6. The summed E-state index contributed by atoms with van der Waals surface area (Å²) in [4.78, 5) is 24.1. The van der Waals surface area contributed by atoms with Crippen LogP contribution in [0.25, 0.3) is 0 Å². The fourth-order valence-corrected chi connectivity index (χ4v) is 5.38. The minimum Gasteiger partial charge on any atom is -0.478 e. The lowest BCUT2D eigenvalue weighted by atomic mass is 10.1. The zero-order valence-corrected chi connectivity index (χ0v) is 21.1. The van der Waals surface area contributed by atoms with Gasteiger partial charge in [0.2, 0.25) is 5.91 Å². The number of hydrogen-bond acceptors (Lipinski definition) is 6. The Hall–Kier alpha value is -3.25. The predicted molar refractivity (Wildman–Crippen MR) is 136 cm³/mol. The average molecular weight is 561 g/mol. The van der Waals surface area contributed by atoms with Crippen molar-refractivity contribution in [3.63, 3.8) is 0 Å². The Labute approximate surface area is 211 Å². The minimum absolute atomic E-state index is 0.000365. The number of amides is 1. The van der Waals surface area contributed by atoms with Crippen molar-refractivity contribution in [3.05, 3.63) is 93.5 Å². The highest BCUT2D eigenvalue weighted by molar-refractivity contribution is 9.10. The molecule has 6 N–H and O–H groups in total. The van der Waals surface area contributed by atoms with Gasteiger partial charge in [0.05, 0.1) is 16.1 Å². The molecule has 0 heterocycles. The first-order valence-corrected chi connectivity index (χ1v) is 12.8. The van der Waals surface area contributed by atoms with E-state index in [-0.39, 0.29) is 35.8 Å². The summed E-state index contributed by atoms with van der Waals surface area (Å²) in [6.07, 6.45) is 0. The maximum Gasteiger partial charge on any atom is 0.335 e. The second kappa shape index (κ2) is 11.5. The van der Waals surface area contributed by atoms with Gasteiger partial charge in [-0.3, -0.25) is 9.10 Å². The van der Waals surface area contributed by atoms with Crippen LogP contribution in [0, 0.1) is 0 Å². The van der Waals surface area contributed by atoms with E-state index in [1.807, 2.05) is 0 Å². The number of carbonyl (C=O) groups is 2. The molecule has 9 nitrogen and oxygen atoms in total. The van der Waals surface area contributed by atoms with Crippen LogP contribution in [-0.4, -0.2) is 31.9 Å². The number of nitrogens with zero attached hydrogens (tertiary/aromatic N) is 1. The molecule has 0 atom stereocenters. The molecular weight excluding hydrogens is 536 g/mol. The van der Waals surface area contributed by atoms with E-state index < -0.39 is 28.4 Å². The van der Waals surface area contributed by atoms with E-state index in [4.69, 9.17) is 16.6 Å². The number of carboxylic acid groups (broad SMARTS) is 1. The van der Waals surface area contributed by atoms with Crippen LogP contribution in [0.2, 0.25) is 0 Å². The minimum atomic E-state index is -4.15. The molecule has 35 heavy (non-hydrogen) atoms. The molecule has 0 radical (unpaired) electrons. The molecule has 0 aromatic heterocycles. The van der Waals surface area contributed by atoms with Gasteiger partial charge in [0.15, 0.2) is 0 Å². The first kappa shape index (κ1) is 26.4. The van der Waals surface area contributed by atoms with Gasteiger partial charge in [-0.05, 0) is 47.5 Å². The summed E-state index contributed by atoms with van der Waals surface area (Å²) in [5, 5.41) is 11.8. The van der Waals surface area contributed by atoms with Gasteiger partial charge in [-0.1, -0.05) is 46.3 Å². The van der Waals surface area contributed by atoms with Crippen molar-refractivity contribution in [1.82, 2.24) is 5.32 Å². The summed E-state index contributed by atoms with van der Waals surface area (Å²) >= 11 is 3.40. The second-order valence-electron chi connectivity index (χ2n) is 7.58. The van der Waals surface area contributed by atoms with Gasteiger partial charge in [0.25, 0.3) is 10.0 Å². The topological polar surface area (TPSA) is 156 Å². The standard InChI is InChI=1S/C24H25BrN4O5S/c25-21-5-2-6-22(20(21)13-27)29(35(33,34)19-9-7-16(12-26)8-10-19)15-23(30)28-14-17-3-1-4-18(11-17)24(31)32/h1-11H,12-15,26-27H2,(H,28,30)(H,31,32). The summed E-state index contributed by atoms with van der Waals surface area (Å²) in [7, 11) is -4.15. The molecule has 0 saturated carbocycles. The van der Waals surface area contributed by atoms with Crippen molar-refractivity contribution < 1.29 is 23.1 Å². The lowest BCUT2D eigenvalue weighted by Gasteiger charge is -2.26. The molecule has 0 fully saturated rings. The summed E-state index contributed by atoms with van der Waals surface area (Å²) in [5.74, 6) is -1.66. The van der Waals surface area contributed by atoms with Gasteiger partial charge in [-0.15, -0.1) is 0 Å². The molecule has 0 saturated heterocycles. The fraction of sp³-hybridized carbons (Fsp3) is 0.167. The van der Waals surface area contributed by atoms with E-state index in [1.54, 1.807) is 42.5 Å². The Morgan fingerprint density at radius 3 is 2.26 bits per heavy atom. The SMILES string of the molecule is NCc1ccc(S(=O)(=O)N(CC(=O)NCc2cccc(C(=O)O)c2)c2cccc(Br)c2CN)cc1. The van der Waals surface area contributed by atoms with E-state index in [0.29, 0.717) is 15.6 Å². The molecule has 0 bridgehead atoms. The third-order valence-electron chi connectivity index (χ3n) is 5.26. The van der Waals surface area contributed by atoms with E-state index in [2.05, 4.69) is 21.2 Å². The van der Waals surface area contributed by atoms with Crippen LogP contribution < -0.4 is 21.1 Å². The number of aromatic carboxylic acids is 1. The molecule has 184 valence electrons. The summed E-state index contributed by atoms with van der Waals surface area (Å²) in [6, 6.07) is 17.2. The highest BCUT2D eigenvalue weighted by Crippen LogP contribution is 2.31. The van der Waals surface area contributed by atoms with Gasteiger partial charge in [-0.25, -0.2) is 13.2 Å². The average Bonchev–Trinajstić information content (AvgIpc) is 2.86. The number of sulfonamides is 1. The number of nitrogens with one attached hydrogen (secondary N) is 1. The zero-order chi connectivity index (χ0) is 25.6. The lowest BCUT2D eigenvalue weighted by molar-refractivity contribution is -0.119. The summed E-state index contributed by atoms with van der Waals surface area (Å²) in [6.45, 7) is -0.179. The summed E-state index contributed by atoms with van der Waals surface area (Å²) < 4.78 is 28.9. The highest BCUT2D eigenvalue weighted by Gasteiger charge is 2.29. The van der Waals surface area contributed by atoms with Crippen LogP contribution in [0.3, 0.4) is 0 Å². The van der Waals surface area contributed by atoms with Crippen LogP contribution in [0.4, 0.5) is 5.69 Å². The molecule has 3 aromatic carbocycles. The van der Waals surface area contributed by atoms with Crippen LogP contribution in [-0.2, 0) is 34.5 Å². The van der Waals surface area contributed by atoms with Crippen LogP contribution in [0.5, 0.6) is 0 Å². The molecular formula is C24H25BrN4O5S. The molecule has 3 rings (SSSR count). The van der Waals surface area contributed by atoms with E-state index in [1.165, 1.54) is 24.3 Å². The number of anilines is 1. The Kier molecular flexibility index (Phi) is 8.62. The van der Waals surface area contributed by atoms with E-state index in [0.717, 1.165) is 9.87 Å². The molecule has 0 aliphatic carbocycles. The molecule has 0 unspecified atom stereocenters. The Morgan fingerprint density at radius 1 is 0.943 bits per heavy atom. The van der Waals surface area contributed by atoms with Crippen molar-refractivity contribution in [3.8, 4) is 0 Å². The second-order valence-corrected chi connectivity index (χ2v) is 10.3. The molecule has 11 heteroatoms. The lowest BCUT2D eigenvalue weighted by Crippen LogP contribution is -2.41. The number of benzene rings is 3. The molecule has 0 aliphatic rings. The monoisotopic (exact) mass is 560 g/mol. The third-order valence-corrected chi connectivity index (χ3v) is 7.78. The Morgan fingerprint density at radius 2 is 1.63 bits per heavy atom. The van der Waals surface area contributed by atoms with E-state index in [9.17, 15) is 18.0 Å². The van der Waals surface area contributed by atoms with Gasteiger partial charge in [0.1, 0.15) is 6.54 Å². The Balaban J connectivity index is 1.93. The Bertz CT molecular complexity index is 1330. The number of nitrogens with two attached hydrogens (primary N) is 2. The number of carbonyl (C=O) groups excluding carboxylic acids is 1. The first-order chi connectivity index (χ1) is 16.7. The van der Waals surface area contributed by atoms with Gasteiger partial charge in [0, 0.05) is 29.7 Å². The molecule has 0 spiro atoms. The predicted octanol–water partition coefficient (Wildman–Crippen LogP) is 2.58. The smallest absolute Gasteiger partial charge is 0.335 e. The maximum atomic E-state index is 13.6. The van der Waals surface area contributed by atoms with Gasteiger partial charge >= 0.3 is 5.97 Å². The maximum absolute atomic E-state index is 13.6. The number of hydrogen-bond donors (Lipinski definition) is 4. The van der Waals surface area contributed by atoms with E-state index >= 15 is 0 Å². The van der Waals surface area contributed by atoms with Crippen LogP contribution in [0.1, 0.15) is 27.0 Å². The van der Waals surface area contributed by atoms with Crippen LogP contribution >= 0.6 is 15.9 Å². The number of rotatable bonds is 10. The number of halogens is 1.